The van der Waals surface area contributed by atoms with E-state index in [1.165, 1.54) is 0 Å². The van der Waals surface area contributed by atoms with Crippen molar-refractivity contribution >= 4 is 22.8 Å². The molecule has 0 unspecified atom stereocenters. The quantitative estimate of drug-likeness (QED) is 0.633. The number of hydrogen-bond donors (Lipinski definition) is 2. The Hall–Kier alpha value is -2.50. The minimum atomic E-state index is -0.774. The highest BCUT2D eigenvalue weighted by atomic mass is 16.5. The normalized spacial score (nSPS) is 10.9. The highest BCUT2D eigenvalue weighted by Crippen LogP contribution is 2.29. The van der Waals surface area contributed by atoms with Crippen molar-refractivity contribution in [3.05, 3.63) is 29.5 Å². The van der Waals surface area contributed by atoms with Gasteiger partial charge in [-0.15, -0.1) is 0 Å². The van der Waals surface area contributed by atoms with Crippen LogP contribution in [0.3, 0.4) is 0 Å². The molecule has 0 aliphatic carbocycles. The molecule has 2 N–H and O–H groups in total. The van der Waals surface area contributed by atoms with E-state index in [1.54, 1.807) is 0 Å². The van der Waals surface area contributed by atoms with E-state index in [4.69, 9.17) is 9.84 Å². The van der Waals surface area contributed by atoms with Gasteiger partial charge in [0.25, 0.3) is 5.91 Å². The summed E-state index contributed by atoms with van der Waals surface area (Å²) in [6, 6.07) is 5.92. The highest BCUT2D eigenvalue weighted by Gasteiger charge is 2.19. The second-order valence-corrected chi connectivity index (χ2v) is 6.29. The van der Waals surface area contributed by atoms with E-state index in [-0.39, 0.29) is 12.3 Å². The van der Waals surface area contributed by atoms with Gasteiger partial charge in [-0.2, -0.15) is 0 Å². The number of benzene rings is 1. The average Bonchev–Trinajstić information content (AvgIpc) is 2.89. The molecule has 1 aromatic heterocycles. The number of carboxylic acid groups (broad SMARTS) is 1. The van der Waals surface area contributed by atoms with Crippen LogP contribution in [-0.2, 0) is 11.3 Å². The third-order valence-corrected chi connectivity index (χ3v) is 4.48. The first-order valence-corrected chi connectivity index (χ1v) is 9.25. The van der Waals surface area contributed by atoms with Crippen LogP contribution in [0.2, 0.25) is 0 Å². The molecule has 0 aliphatic rings. The Labute approximate surface area is 154 Å². The smallest absolute Gasteiger partial charge is 0.303 e. The minimum absolute atomic E-state index is 0.0863. The summed E-state index contributed by atoms with van der Waals surface area (Å²) in [6.45, 7) is 7.80. The fraction of sp³-hybridized carbons (Fsp3) is 0.500. The lowest BCUT2D eigenvalue weighted by Gasteiger charge is -2.10. The Kier molecular flexibility index (Phi) is 7.06. The summed E-state index contributed by atoms with van der Waals surface area (Å²) in [6.07, 6.45) is 2.39. The number of carboxylic acids is 1. The fourth-order valence-corrected chi connectivity index (χ4v) is 3.24. The largest absolute Gasteiger partial charge is 0.494 e. The van der Waals surface area contributed by atoms with E-state index in [0.717, 1.165) is 35.1 Å². The molecule has 26 heavy (non-hydrogen) atoms. The zero-order valence-electron chi connectivity index (χ0n) is 15.8. The molecule has 2 rings (SSSR count). The molecule has 6 heteroatoms. The SMILES string of the molecule is CCOc1ccc2c(c1)c(C)c(C(=O)NCCCCCC(=O)O)n2CC. The Morgan fingerprint density at radius 1 is 1.19 bits per heavy atom. The zero-order valence-corrected chi connectivity index (χ0v) is 15.8. The number of aromatic nitrogens is 1. The van der Waals surface area contributed by atoms with Gasteiger partial charge in [0.1, 0.15) is 11.4 Å². The van der Waals surface area contributed by atoms with Crippen LogP contribution in [0.1, 0.15) is 55.6 Å². The Balaban J connectivity index is 2.10. The standard InChI is InChI=1S/C20H28N2O4/c1-4-22-17-11-10-15(26-5-2)13-16(17)14(3)19(22)20(25)21-12-8-6-7-9-18(23)24/h10-11,13H,4-9,12H2,1-3H3,(H,21,25)(H,23,24). The lowest BCUT2D eigenvalue weighted by molar-refractivity contribution is -0.137. The van der Waals surface area contributed by atoms with Crippen molar-refractivity contribution in [2.75, 3.05) is 13.2 Å². The van der Waals surface area contributed by atoms with E-state index in [1.807, 2.05) is 43.5 Å². The number of nitrogens with one attached hydrogen (secondary N) is 1. The average molecular weight is 360 g/mol. The van der Waals surface area contributed by atoms with E-state index in [0.29, 0.717) is 31.8 Å². The van der Waals surface area contributed by atoms with Crippen LogP contribution in [0, 0.1) is 6.92 Å². The first-order chi connectivity index (χ1) is 12.5. The predicted octanol–water partition coefficient (Wildman–Crippen LogP) is 3.74. The van der Waals surface area contributed by atoms with Crippen molar-refractivity contribution in [3.63, 3.8) is 0 Å². The van der Waals surface area contributed by atoms with Gasteiger partial charge in [0.05, 0.1) is 6.61 Å². The van der Waals surface area contributed by atoms with Crippen LogP contribution >= 0.6 is 0 Å². The number of rotatable bonds is 10. The van der Waals surface area contributed by atoms with Crippen molar-refractivity contribution < 1.29 is 19.4 Å². The zero-order chi connectivity index (χ0) is 19.1. The molecule has 0 aliphatic heterocycles. The van der Waals surface area contributed by atoms with Gasteiger partial charge in [-0.3, -0.25) is 9.59 Å². The molecule has 0 saturated carbocycles. The lowest BCUT2D eigenvalue weighted by atomic mass is 10.1. The van der Waals surface area contributed by atoms with Crippen LogP contribution < -0.4 is 10.1 Å². The number of fused-ring (bicyclic) bond motifs is 1. The summed E-state index contributed by atoms with van der Waals surface area (Å²) in [4.78, 5) is 23.2. The summed E-state index contributed by atoms with van der Waals surface area (Å²) in [5, 5.41) is 12.6. The molecule has 0 spiro atoms. The van der Waals surface area contributed by atoms with Crippen LogP contribution in [0.15, 0.2) is 18.2 Å². The summed E-state index contributed by atoms with van der Waals surface area (Å²) in [7, 11) is 0. The van der Waals surface area contributed by atoms with Gasteiger partial charge in [-0.1, -0.05) is 6.42 Å². The number of carbonyl (C=O) groups excluding carboxylic acids is 1. The summed E-state index contributed by atoms with van der Waals surface area (Å²) >= 11 is 0. The van der Waals surface area contributed by atoms with Crippen molar-refractivity contribution in [1.29, 1.82) is 0 Å². The summed E-state index contributed by atoms with van der Waals surface area (Å²) in [5.74, 6) is -0.0537. The Morgan fingerprint density at radius 3 is 2.62 bits per heavy atom. The maximum Gasteiger partial charge on any atom is 0.303 e. The van der Waals surface area contributed by atoms with Crippen molar-refractivity contribution in [2.24, 2.45) is 0 Å². The maximum atomic E-state index is 12.7. The van der Waals surface area contributed by atoms with Crippen molar-refractivity contribution in [1.82, 2.24) is 9.88 Å². The minimum Gasteiger partial charge on any atom is -0.494 e. The second kappa shape index (κ2) is 9.27. The number of aliphatic carboxylic acids is 1. The summed E-state index contributed by atoms with van der Waals surface area (Å²) in [5.41, 5.74) is 2.66. The van der Waals surface area contributed by atoms with Crippen LogP contribution in [0.5, 0.6) is 5.75 Å². The van der Waals surface area contributed by atoms with Crippen molar-refractivity contribution in [3.8, 4) is 5.75 Å². The van der Waals surface area contributed by atoms with Gasteiger partial charge in [0, 0.05) is 30.4 Å². The summed E-state index contributed by atoms with van der Waals surface area (Å²) < 4.78 is 7.61. The molecule has 1 amide bonds. The molecule has 0 atom stereocenters. The second-order valence-electron chi connectivity index (χ2n) is 6.29. The van der Waals surface area contributed by atoms with Crippen LogP contribution in [-0.4, -0.2) is 34.7 Å². The molecular formula is C20H28N2O4. The molecule has 1 aromatic carbocycles. The van der Waals surface area contributed by atoms with Crippen LogP contribution in [0.4, 0.5) is 0 Å². The number of nitrogens with zero attached hydrogens (tertiary/aromatic N) is 1. The molecule has 142 valence electrons. The predicted molar refractivity (Wildman–Crippen MR) is 102 cm³/mol. The highest BCUT2D eigenvalue weighted by molar-refractivity contribution is 6.02. The lowest BCUT2D eigenvalue weighted by Crippen LogP contribution is -2.27. The van der Waals surface area contributed by atoms with E-state index >= 15 is 0 Å². The van der Waals surface area contributed by atoms with Crippen LogP contribution in [0.25, 0.3) is 10.9 Å². The molecule has 0 saturated heterocycles. The third kappa shape index (κ3) is 4.56. The molecule has 6 nitrogen and oxygen atoms in total. The van der Waals surface area contributed by atoms with Gasteiger partial charge in [0.15, 0.2) is 0 Å². The number of carbonyl (C=O) groups is 2. The molecule has 0 bridgehead atoms. The Bertz CT molecular complexity index is 780. The Morgan fingerprint density at radius 2 is 1.96 bits per heavy atom. The molecular weight excluding hydrogens is 332 g/mol. The fourth-order valence-electron chi connectivity index (χ4n) is 3.24. The molecule has 1 heterocycles. The monoisotopic (exact) mass is 360 g/mol. The van der Waals surface area contributed by atoms with E-state index in [2.05, 4.69) is 5.32 Å². The van der Waals surface area contributed by atoms with E-state index < -0.39 is 5.97 Å². The first-order valence-electron chi connectivity index (χ1n) is 9.25. The number of hydrogen-bond acceptors (Lipinski definition) is 3. The first kappa shape index (κ1) is 19.8. The molecule has 0 fully saturated rings. The van der Waals surface area contributed by atoms with Gasteiger partial charge in [-0.05, 0) is 57.4 Å². The third-order valence-electron chi connectivity index (χ3n) is 4.48. The van der Waals surface area contributed by atoms with Gasteiger partial charge >= 0.3 is 5.97 Å². The molecule has 2 aromatic rings. The van der Waals surface area contributed by atoms with E-state index in [9.17, 15) is 9.59 Å². The van der Waals surface area contributed by atoms with Gasteiger partial charge < -0.3 is 19.7 Å². The number of unbranched alkanes of at least 4 members (excludes halogenated alkanes) is 2. The van der Waals surface area contributed by atoms with Gasteiger partial charge in [-0.25, -0.2) is 0 Å². The number of amides is 1. The van der Waals surface area contributed by atoms with Gasteiger partial charge in [0.2, 0.25) is 0 Å². The number of aryl methyl sites for hydroxylation is 2. The van der Waals surface area contributed by atoms with Crippen molar-refractivity contribution in [2.45, 2.75) is 53.0 Å². The maximum absolute atomic E-state index is 12.7. The molecule has 0 radical (unpaired) electrons. The number of ether oxygens (including phenoxy) is 1. The topological polar surface area (TPSA) is 80.6 Å².